The van der Waals surface area contributed by atoms with Crippen molar-refractivity contribution in [2.24, 2.45) is 11.8 Å². The van der Waals surface area contributed by atoms with Crippen LogP contribution < -0.4 is 5.32 Å². The highest BCUT2D eigenvalue weighted by Gasteiger charge is 2.27. The van der Waals surface area contributed by atoms with Crippen LogP contribution in [0.2, 0.25) is 0 Å². The van der Waals surface area contributed by atoms with Gasteiger partial charge in [0.1, 0.15) is 0 Å². The van der Waals surface area contributed by atoms with Crippen LogP contribution in [0.1, 0.15) is 38.7 Å². The molecule has 1 aromatic carbocycles. The molecule has 0 aliphatic carbocycles. The minimum Gasteiger partial charge on any atom is -0.343 e. The van der Waals surface area contributed by atoms with Crippen LogP contribution in [-0.4, -0.2) is 54.5 Å². The Hall–Kier alpha value is -1.39. The Kier molecular flexibility index (Phi) is 6.49. The van der Waals surface area contributed by atoms with Gasteiger partial charge in [-0.25, -0.2) is 0 Å². The Labute approximate surface area is 152 Å². The number of nitrogens with one attached hydrogen (secondary N) is 1. The molecule has 2 saturated heterocycles. The van der Waals surface area contributed by atoms with Crippen molar-refractivity contribution in [3.8, 4) is 0 Å². The number of rotatable bonds is 5. The molecule has 2 aliphatic heterocycles. The molecule has 0 spiro atoms. The predicted octanol–water partition coefficient (Wildman–Crippen LogP) is 2.75. The maximum Gasteiger partial charge on any atom is 0.219 e. The molecular weight excluding hydrogens is 310 g/mol. The number of hydrogen-bond acceptors (Lipinski definition) is 3. The third-order valence-corrected chi connectivity index (χ3v) is 5.97. The molecule has 4 nitrogen and oxygen atoms in total. The zero-order chi connectivity index (χ0) is 17.6. The Morgan fingerprint density at radius 1 is 1.12 bits per heavy atom. The van der Waals surface area contributed by atoms with Gasteiger partial charge in [-0.3, -0.25) is 9.69 Å². The van der Waals surface area contributed by atoms with Gasteiger partial charge in [0.15, 0.2) is 0 Å². The first kappa shape index (κ1) is 18.4. The highest BCUT2D eigenvalue weighted by Crippen LogP contribution is 2.21. The fourth-order valence-electron chi connectivity index (χ4n) is 4.29. The van der Waals surface area contributed by atoms with Gasteiger partial charge in [0, 0.05) is 39.1 Å². The van der Waals surface area contributed by atoms with Crippen molar-refractivity contribution in [1.82, 2.24) is 15.1 Å². The van der Waals surface area contributed by atoms with E-state index in [-0.39, 0.29) is 5.91 Å². The molecule has 2 heterocycles. The molecule has 4 heteroatoms. The molecule has 2 fully saturated rings. The van der Waals surface area contributed by atoms with Crippen LogP contribution in [0.4, 0.5) is 0 Å². The van der Waals surface area contributed by atoms with Gasteiger partial charge >= 0.3 is 0 Å². The molecular formula is C21H33N3O. The lowest BCUT2D eigenvalue weighted by atomic mass is 9.91. The molecule has 0 aromatic heterocycles. The molecule has 2 aliphatic rings. The SMILES string of the molecule is CC(=O)N1CCC(CNC2CCN(Cc3ccccc3)CC2C)CC1. The van der Waals surface area contributed by atoms with Crippen LogP contribution in [0.3, 0.4) is 0 Å². The summed E-state index contributed by atoms with van der Waals surface area (Å²) in [7, 11) is 0. The molecule has 0 saturated carbocycles. The zero-order valence-corrected chi connectivity index (χ0v) is 15.8. The Morgan fingerprint density at radius 2 is 1.84 bits per heavy atom. The molecule has 138 valence electrons. The minimum atomic E-state index is 0.228. The standard InChI is InChI=1S/C21H33N3O/c1-17-15-23(16-20-6-4-3-5-7-20)11-10-21(17)22-14-19-8-12-24(13-9-19)18(2)25/h3-7,17,19,21-22H,8-16H2,1-2H3. The summed E-state index contributed by atoms with van der Waals surface area (Å²) in [5.74, 6) is 1.64. The van der Waals surface area contributed by atoms with Gasteiger partial charge in [-0.2, -0.15) is 0 Å². The highest BCUT2D eigenvalue weighted by atomic mass is 16.2. The summed E-state index contributed by atoms with van der Waals surface area (Å²) in [6, 6.07) is 11.4. The number of likely N-dealkylation sites (tertiary alicyclic amines) is 2. The number of benzene rings is 1. The van der Waals surface area contributed by atoms with Crippen molar-refractivity contribution in [2.75, 3.05) is 32.7 Å². The van der Waals surface area contributed by atoms with Crippen LogP contribution in [0, 0.1) is 11.8 Å². The minimum absolute atomic E-state index is 0.228. The third kappa shape index (κ3) is 5.29. The Morgan fingerprint density at radius 3 is 2.48 bits per heavy atom. The van der Waals surface area contributed by atoms with E-state index in [1.54, 1.807) is 6.92 Å². The number of piperidine rings is 2. The predicted molar refractivity (Wildman–Crippen MR) is 102 cm³/mol. The van der Waals surface area contributed by atoms with E-state index in [2.05, 4.69) is 47.5 Å². The van der Waals surface area contributed by atoms with Gasteiger partial charge in [-0.05, 0) is 49.8 Å². The smallest absolute Gasteiger partial charge is 0.219 e. The van der Waals surface area contributed by atoms with Crippen LogP contribution in [0.25, 0.3) is 0 Å². The average Bonchev–Trinajstić information content (AvgIpc) is 2.62. The van der Waals surface area contributed by atoms with Crippen molar-refractivity contribution in [1.29, 1.82) is 0 Å². The van der Waals surface area contributed by atoms with E-state index >= 15 is 0 Å². The summed E-state index contributed by atoms with van der Waals surface area (Å²) in [5, 5.41) is 3.84. The summed E-state index contributed by atoms with van der Waals surface area (Å²) in [4.78, 5) is 16.0. The molecule has 0 radical (unpaired) electrons. The fraction of sp³-hybridized carbons (Fsp3) is 0.667. The van der Waals surface area contributed by atoms with Gasteiger partial charge < -0.3 is 10.2 Å². The largest absolute Gasteiger partial charge is 0.343 e. The van der Waals surface area contributed by atoms with Gasteiger partial charge in [0.25, 0.3) is 0 Å². The van der Waals surface area contributed by atoms with Crippen molar-refractivity contribution in [3.63, 3.8) is 0 Å². The molecule has 25 heavy (non-hydrogen) atoms. The van der Waals surface area contributed by atoms with E-state index in [0.29, 0.717) is 12.0 Å². The molecule has 1 amide bonds. The number of hydrogen-bond donors (Lipinski definition) is 1. The van der Waals surface area contributed by atoms with E-state index in [0.717, 1.165) is 44.9 Å². The number of carbonyl (C=O) groups is 1. The summed E-state index contributed by atoms with van der Waals surface area (Å²) in [6.07, 6.45) is 3.53. The second-order valence-corrected chi connectivity index (χ2v) is 7.95. The number of nitrogens with zero attached hydrogens (tertiary/aromatic N) is 2. The topological polar surface area (TPSA) is 35.6 Å². The lowest BCUT2D eigenvalue weighted by molar-refractivity contribution is -0.130. The van der Waals surface area contributed by atoms with Gasteiger partial charge in [0.05, 0.1) is 0 Å². The van der Waals surface area contributed by atoms with E-state index < -0.39 is 0 Å². The second-order valence-electron chi connectivity index (χ2n) is 7.95. The third-order valence-electron chi connectivity index (χ3n) is 5.97. The van der Waals surface area contributed by atoms with Crippen LogP contribution in [0.15, 0.2) is 30.3 Å². The maximum atomic E-state index is 11.4. The quantitative estimate of drug-likeness (QED) is 0.893. The molecule has 2 unspecified atom stereocenters. The lowest BCUT2D eigenvalue weighted by Gasteiger charge is -2.39. The van der Waals surface area contributed by atoms with Crippen molar-refractivity contribution in [2.45, 2.75) is 45.7 Å². The number of carbonyl (C=O) groups excluding carboxylic acids is 1. The van der Waals surface area contributed by atoms with E-state index in [4.69, 9.17) is 0 Å². The first-order chi connectivity index (χ1) is 12.1. The van der Waals surface area contributed by atoms with Crippen LogP contribution >= 0.6 is 0 Å². The summed E-state index contributed by atoms with van der Waals surface area (Å²) < 4.78 is 0. The van der Waals surface area contributed by atoms with Crippen LogP contribution in [-0.2, 0) is 11.3 Å². The average molecular weight is 344 g/mol. The van der Waals surface area contributed by atoms with Gasteiger partial charge in [0.2, 0.25) is 5.91 Å². The Balaban J connectivity index is 1.38. The molecule has 3 rings (SSSR count). The van der Waals surface area contributed by atoms with Crippen molar-refractivity contribution < 1.29 is 4.79 Å². The van der Waals surface area contributed by atoms with E-state index in [1.165, 1.54) is 25.1 Å². The van der Waals surface area contributed by atoms with E-state index in [1.807, 2.05) is 4.90 Å². The first-order valence-corrected chi connectivity index (χ1v) is 9.87. The molecule has 1 aromatic rings. The van der Waals surface area contributed by atoms with Crippen molar-refractivity contribution in [3.05, 3.63) is 35.9 Å². The monoisotopic (exact) mass is 343 g/mol. The normalized spacial score (nSPS) is 25.9. The Bertz CT molecular complexity index is 539. The number of amides is 1. The zero-order valence-electron chi connectivity index (χ0n) is 15.8. The first-order valence-electron chi connectivity index (χ1n) is 9.87. The van der Waals surface area contributed by atoms with Crippen molar-refractivity contribution >= 4 is 5.91 Å². The second kappa shape index (κ2) is 8.81. The summed E-state index contributed by atoms with van der Waals surface area (Å²) in [5.41, 5.74) is 1.42. The highest BCUT2D eigenvalue weighted by molar-refractivity contribution is 5.73. The molecule has 2 atom stereocenters. The maximum absolute atomic E-state index is 11.4. The lowest BCUT2D eigenvalue weighted by Crippen LogP contribution is -2.49. The fourth-order valence-corrected chi connectivity index (χ4v) is 4.29. The van der Waals surface area contributed by atoms with Gasteiger partial charge in [-0.1, -0.05) is 37.3 Å². The van der Waals surface area contributed by atoms with Gasteiger partial charge in [-0.15, -0.1) is 0 Å². The van der Waals surface area contributed by atoms with Crippen LogP contribution in [0.5, 0.6) is 0 Å². The summed E-state index contributed by atoms with van der Waals surface area (Å²) in [6.45, 7) is 10.5. The molecule has 0 bridgehead atoms. The van der Waals surface area contributed by atoms with E-state index in [9.17, 15) is 4.79 Å². The molecule has 1 N–H and O–H groups in total. The summed E-state index contributed by atoms with van der Waals surface area (Å²) >= 11 is 0.